The van der Waals surface area contributed by atoms with Crippen molar-refractivity contribution < 1.29 is 14.3 Å². The van der Waals surface area contributed by atoms with E-state index in [1.54, 1.807) is 7.11 Å². The third kappa shape index (κ3) is 2.81. The average Bonchev–Trinajstić information content (AvgIpc) is 2.95. The Kier molecular flexibility index (Phi) is 4.27. The smallest absolute Gasteiger partial charge is 0.322 e. The van der Waals surface area contributed by atoms with Crippen molar-refractivity contribution in [2.45, 2.75) is 12.5 Å². The Balaban J connectivity index is 2.08. The minimum Gasteiger partial charge on any atom is -0.495 e. The molecule has 5 heteroatoms. The fourth-order valence-electron chi connectivity index (χ4n) is 2.52. The Labute approximate surface area is 113 Å². The maximum absolute atomic E-state index is 11.5. The van der Waals surface area contributed by atoms with Crippen LogP contribution in [0.1, 0.15) is 6.42 Å². The van der Waals surface area contributed by atoms with Crippen LogP contribution in [0, 0.1) is 5.92 Å². The Morgan fingerprint density at radius 2 is 2.16 bits per heavy atom. The Hall–Kier alpha value is -1.75. The maximum Gasteiger partial charge on any atom is 0.322 e. The van der Waals surface area contributed by atoms with Crippen molar-refractivity contribution in [1.82, 2.24) is 0 Å². The standard InChI is InChI=1S/C14H20N2O3/c1-18-12-6-4-3-5-11(12)16-8-7-10(9-16)13(15)14(17)19-2/h3-6,10,13H,7-9,15H2,1-2H3. The highest BCUT2D eigenvalue weighted by atomic mass is 16.5. The highest BCUT2D eigenvalue weighted by Gasteiger charge is 2.32. The summed E-state index contributed by atoms with van der Waals surface area (Å²) in [5, 5.41) is 0. The van der Waals surface area contributed by atoms with Crippen LogP contribution in [0.15, 0.2) is 24.3 Å². The number of hydrogen-bond donors (Lipinski definition) is 1. The molecule has 1 aliphatic heterocycles. The quantitative estimate of drug-likeness (QED) is 0.823. The van der Waals surface area contributed by atoms with Gasteiger partial charge in [0.15, 0.2) is 0 Å². The van der Waals surface area contributed by atoms with Gasteiger partial charge in [-0.05, 0) is 18.6 Å². The zero-order chi connectivity index (χ0) is 13.8. The second-order valence-corrected chi connectivity index (χ2v) is 4.72. The van der Waals surface area contributed by atoms with E-state index >= 15 is 0 Å². The van der Waals surface area contributed by atoms with Gasteiger partial charge in [-0.1, -0.05) is 12.1 Å². The summed E-state index contributed by atoms with van der Waals surface area (Å²) in [4.78, 5) is 13.7. The Morgan fingerprint density at radius 1 is 1.42 bits per heavy atom. The molecular weight excluding hydrogens is 244 g/mol. The molecule has 1 fully saturated rings. The number of carbonyl (C=O) groups excluding carboxylic acids is 1. The molecule has 0 aromatic heterocycles. The molecule has 2 unspecified atom stereocenters. The monoisotopic (exact) mass is 264 g/mol. The highest BCUT2D eigenvalue weighted by Crippen LogP contribution is 2.32. The first kappa shape index (κ1) is 13.7. The van der Waals surface area contributed by atoms with E-state index in [2.05, 4.69) is 4.90 Å². The summed E-state index contributed by atoms with van der Waals surface area (Å²) in [5.74, 6) is 0.624. The van der Waals surface area contributed by atoms with Crippen LogP contribution in [0.2, 0.25) is 0 Å². The lowest BCUT2D eigenvalue weighted by Gasteiger charge is -2.22. The molecule has 0 radical (unpaired) electrons. The van der Waals surface area contributed by atoms with Crippen LogP contribution < -0.4 is 15.4 Å². The van der Waals surface area contributed by atoms with Gasteiger partial charge in [-0.15, -0.1) is 0 Å². The van der Waals surface area contributed by atoms with Crippen molar-refractivity contribution in [3.05, 3.63) is 24.3 Å². The first-order chi connectivity index (χ1) is 9.17. The van der Waals surface area contributed by atoms with Crippen molar-refractivity contribution in [3.8, 4) is 5.75 Å². The lowest BCUT2D eigenvalue weighted by Crippen LogP contribution is -2.40. The summed E-state index contributed by atoms with van der Waals surface area (Å²) in [5.41, 5.74) is 6.96. The summed E-state index contributed by atoms with van der Waals surface area (Å²) in [6, 6.07) is 7.32. The van der Waals surface area contributed by atoms with E-state index in [9.17, 15) is 4.79 Å². The fourth-order valence-corrected chi connectivity index (χ4v) is 2.52. The average molecular weight is 264 g/mol. The van der Waals surface area contributed by atoms with Crippen LogP contribution >= 0.6 is 0 Å². The van der Waals surface area contributed by atoms with E-state index in [1.165, 1.54) is 7.11 Å². The van der Waals surface area contributed by atoms with Gasteiger partial charge in [0.1, 0.15) is 11.8 Å². The van der Waals surface area contributed by atoms with Crippen LogP contribution in [0.5, 0.6) is 5.75 Å². The number of benzene rings is 1. The zero-order valence-electron chi connectivity index (χ0n) is 11.3. The number of hydrogen-bond acceptors (Lipinski definition) is 5. The minimum absolute atomic E-state index is 0.123. The molecular formula is C14H20N2O3. The van der Waals surface area contributed by atoms with Gasteiger partial charge in [-0.3, -0.25) is 4.79 Å². The number of esters is 1. The van der Waals surface area contributed by atoms with Crippen molar-refractivity contribution >= 4 is 11.7 Å². The number of rotatable bonds is 4. The molecule has 2 atom stereocenters. The van der Waals surface area contributed by atoms with Gasteiger partial charge >= 0.3 is 5.97 Å². The second kappa shape index (κ2) is 5.93. The van der Waals surface area contributed by atoms with Crippen molar-refractivity contribution in [2.75, 3.05) is 32.2 Å². The van der Waals surface area contributed by atoms with Gasteiger partial charge in [0.25, 0.3) is 0 Å². The van der Waals surface area contributed by atoms with Gasteiger partial charge < -0.3 is 20.1 Å². The molecule has 0 bridgehead atoms. The fraction of sp³-hybridized carbons (Fsp3) is 0.500. The first-order valence-corrected chi connectivity index (χ1v) is 6.38. The summed E-state index contributed by atoms with van der Waals surface area (Å²) in [7, 11) is 3.03. The molecule has 0 amide bonds. The maximum atomic E-state index is 11.5. The molecule has 0 aliphatic carbocycles. The molecule has 1 saturated heterocycles. The van der Waals surface area contributed by atoms with Gasteiger partial charge in [-0.2, -0.15) is 0 Å². The van der Waals surface area contributed by atoms with E-state index < -0.39 is 6.04 Å². The molecule has 104 valence electrons. The zero-order valence-corrected chi connectivity index (χ0v) is 11.3. The molecule has 1 aliphatic rings. The summed E-state index contributed by atoms with van der Waals surface area (Å²) in [6.45, 7) is 1.62. The predicted octanol–water partition coefficient (Wildman–Crippen LogP) is 1.02. The predicted molar refractivity (Wildman–Crippen MR) is 73.3 cm³/mol. The van der Waals surface area contributed by atoms with Gasteiger partial charge in [0, 0.05) is 19.0 Å². The van der Waals surface area contributed by atoms with Crippen molar-refractivity contribution in [2.24, 2.45) is 11.7 Å². The first-order valence-electron chi connectivity index (χ1n) is 6.38. The summed E-state index contributed by atoms with van der Waals surface area (Å²) >= 11 is 0. The van der Waals surface area contributed by atoms with E-state index in [4.69, 9.17) is 15.2 Å². The SMILES string of the molecule is COC(=O)C(N)C1CCN(c2ccccc2OC)C1. The molecule has 2 N–H and O–H groups in total. The summed E-state index contributed by atoms with van der Waals surface area (Å²) < 4.78 is 10.1. The lowest BCUT2D eigenvalue weighted by atomic mass is 10.00. The van der Waals surface area contributed by atoms with Crippen LogP contribution in [0.25, 0.3) is 0 Å². The number of para-hydroxylation sites is 2. The Morgan fingerprint density at radius 3 is 2.84 bits per heavy atom. The van der Waals surface area contributed by atoms with Crippen LogP contribution in [0.4, 0.5) is 5.69 Å². The normalized spacial score (nSPS) is 20.2. The molecule has 2 rings (SSSR count). The van der Waals surface area contributed by atoms with Crippen LogP contribution in [0.3, 0.4) is 0 Å². The van der Waals surface area contributed by atoms with Crippen molar-refractivity contribution in [3.63, 3.8) is 0 Å². The number of nitrogens with zero attached hydrogens (tertiary/aromatic N) is 1. The number of ether oxygens (including phenoxy) is 2. The largest absolute Gasteiger partial charge is 0.495 e. The minimum atomic E-state index is -0.551. The van der Waals surface area contributed by atoms with Crippen LogP contribution in [-0.2, 0) is 9.53 Å². The highest BCUT2D eigenvalue weighted by molar-refractivity contribution is 5.76. The van der Waals surface area contributed by atoms with Gasteiger partial charge in [0.2, 0.25) is 0 Å². The molecule has 0 spiro atoms. The summed E-state index contributed by atoms with van der Waals surface area (Å²) in [6.07, 6.45) is 0.883. The molecule has 0 saturated carbocycles. The number of methoxy groups -OCH3 is 2. The third-order valence-corrected chi connectivity index (χ3v) is 3.63. The van der Waals surface area contributed by atoms with E-state index in [-0.39, 0.29) is 11.9 Å². The molecule has 1 aromatic carbocycles. The second-order valence-electron chi connectivity index (χ2n) is 4.72. The Bertz CT molecular complexity index is 450. The van der Waals surface area contributed by atoms with E-state index in [0.29, 0.717) is 0 Å². The van der Waals surface area contributed by atoms with Crippen LogP contribution in [-0.4, -0.2) is 39.3 Å². The van der Waals surface area contributed by atoms with E-state index in [1.807, 2.05) is 24.3 Å². The molecule has 1 aromatic rings. The van der Waals surface area contributed by atoms with Crippen molar-refractivity contribution in [1.29, 1.82) is 0 Å². The molecule has 1 heterocycles. The number of anilines is 1. The van der Waals surface area contributed by atoms with Gasteiger partial charge in [0.05, 0.1) is 19.9 Å². The third-order valence-electron chi connectivity index (χ3n) is 3.63. The van der Waals surface area contributed by atoms with Gasteiger partial charge in [-0.25, -0.2) is 0 Å². The van der Waals surface area contributed by atoms with E-state index in [0.717, 1.165) is 30.9 Å². The molecule has 19 heavy (non-hydrogen) atoms. The molecule has 5 nitrogen and oxygen atoms in total. The topological polar surface area (TPSA) is 64.8 Å². The number of carbonyl (C=O) groups is 1. The number of nitrogens with two attached hydrogens (primary N) is 1. The lowest BCUT2D eigenvalue weighted by molar-refractivity contribution is -0.143.